The molecule has 0 saturated carbocycles. The van der Waals surface area contributed by atoms with Crippen molar-refractivity contribution in [2.75, 3.05) is 11.9 Å². The molecule has 0 aromatic carbocycles. The SMILES string of the molecule is C=CCNC(=S)Nc1nnc(CC)s1. The van der Waals surface area contributed by atoms with Crippen molar-refractivity contribution in [3.05, 3.63) is 17.7 Å². The van der Waals surface area contributed by atoms with Gasteiger partial charge in [-0.3, -0.25) is 0 Å². The Morgan fingerprint density at radius 2 is 2.43 bits per heavy atom. The molecule has 0 aliphatic rings. The molecule has 6 heteroatoms. The average Bonchev–Trinajstić information content (AvgIpc) is 2.62. The van der Waals surface area contributed by atoms with Gasteiger partial charge in [0.25, 0.3) is 0 Å². The largest absolute Gasteiger partial charge is 0.359 e. The van der Waals surface area contributed by atoms with E-state index in [1.807, 2.05) is 6.92 Å². The Morgan fingerprint density at radius 1 is 1.64 bits per heavy atom. The monoisotopic (exact) mass is 228 g/mol. The van der Waals surface area contributed by atoms with Gasteiger partial charge in [-0.2, -0.15) is 0 Å². The van der Waals surface area contributed by atoms with E-state index in [1.165, 1.54) is 11.3 Å². The summed E-state index contributed by atoms with van der Waals surface area (Å²) in [6.07, 6.45) is 2.64. The molecule has 0 amide bonds. The molecule has 0 unspecified atom stereocenters. The second-order valence-electron chi connectivity index (χ2n) is 2.48. The van der Waals surface area contributed by atoms with E-state index in [0.29, 0.717) is 11.7 Å². The second-order valence-corrected chi connectivity index (χ2v) is 3.95. The molecule has 1 heterocycles. The lowest BCUT2D eigenvalue weighted by Gasteiger charge is -2.04. The van der Waals surface area contributed by atoms with Crippen molar-refractivity contribution >= 4 is 33.8 Å². The summed E-state index contributed by atoms with van der Waals surface area (Å²) >= 11 is 6.52. The van der Waals surface area contributed by atoms with Crippen molar-refractivity contribution in [2.24, 2.45) is 0 Å². The molecule has 0 saturated heterocycles. The maximum atomic E-state index is 5.02. The summed E-state index contributed by atoms with van der Waals surface area (Å²) in [5, 5.41) is 16.1. The molecular formula is C8H12N4S2. The van der Waals surface area contributed by atoms with Gasteiger partial charge >= 0.3 is 0 Å². The molecule has 2 N–H and O–H groups in total. The Labute approximate surface area is 92.4 Å². The third-order valence-corrected chi connectivity index (χ3v) is 2.63. The first-order valence-corrected chi connectivity index (χ1v) is 5.47. The first-order valence-electron chi connectivity index (χ1n) is 4.24. The molecule has 4 nitrogen and oxygen atoms in total. The quantitative estimate of drug-likeness (QED) is 0.605. The van der Waals surface area contributed by atoms with Crippen LogP contribution in [-0.4, -0.2) is 21.9 Å². The standard InChI is InChI=1S/C8H12N4S2/c1-3-5-9-7(13)10-8-12-11-6(4-2)14-8/h3H,1,4-5H2,2H3,(H2,9,10,12,13). The van der Waals surface area contributed by atoms with Gasteiger partial charge in [0.15, 0.2) is 5.11 Å². The molecule has 0 aliphatic heterocycles. The summed E-state index contributed by atoms with van der Waals surface area (Å²) in [5.74, 6) is 0. The normalized spacial score (nSPS) is 9.50. The number of anilines is 1. The van der Waals surface area contributed by atoms with Crippen LogP contribution in [0.25, 0.3) is 0 Å². The highest BCUT2D eigenvalue weighted by Gasteiger charge is 2.02. The molecule has 0 radical (unpaired) electrons. The van der Waals surface area contributed by atoms with Gasteiger partial charge in [-0.25, -0.2) is 0 Å². The van der Waals surface area contributed by atoms with E-state index in [2.05, 4.69) is 27.4 Å². The van der Waals surface area contributed by atoms with E-state index < -0.39 is 0 Å². The molecule has 0 fully saturated rings. The number of rotatable bonds is 4. The van der Waals surface area contributed by atoms with E-state index in [-0.39, 0.29) is 0 Å². The first-order chi connectivity index (χ1) is 6.76. The van der Waals surface area contributed by atoms with Crippen LogP contribution in [0, 0.1) is 0 Å². The van der Waals surface area contributed by atoms with Crippen LogP contribution >= 0.6 is 23.6 Å². The van der Waals surface area contributed by atoms with Crippen molar-refractivity contribution in [3.8, 4) is 0 Å². The van der Waals surface area contributed by atoms with Gasteiger partial charge < -0.3 is 10.6 Å². The number of nitrogens with one attached hydrogen (secondary N) is 2. The zero-order valence-corrected chi connectivity index (χ0v) is 9.54. The van der Waals surface area contributed by atoms with Gasteiger partial charge in [0.1, 0.15) is 5.01 Å². The maximum absolute atomic E-state index is 5.02. The van der Waals surface area contributed by atoms with Gasteiger partial charge in [-0.05, 0) is 18.6 Å². The lowest BCUT2D eigenvalue weighted by molar-refractivity contribution is 0.984. The number of aromatic nitrogens is 2. The fourth-order valence-electron chi connectivity index (χ4n) is 0.753. The second kappa shape index (κ2) is 5.66. The summed E-state index contributed by atoms with van der Waals surface area (Å²) in [7, 11) is 0. The highest BCUT2D eigenvalue weighted by atomic mass is 32.1. The van der Waals surface area contributed by atoms with Crippen LogP contribution in [0.1, 0.15) is 11.9 Å². The summed E-state index contributed by atoms with van der Waals surface area (Å²) < 4.78 is 0. The van der Waals surface area contributed by atoms with Crippen molar-refractivity contribution in [2.45, 2.75) is 13.3 Å². The first kappa shape index (κ1) is 11.1. The average molecular weight is 228 g/mol. The van der Waals surface area contributed by atoms with Gasteiger partial charge in [-0.1, -0.05) is 24.3 Å². The van der Waals surface area contributed by atoms with Gasteiger partial charge in [-0.15, -0.1) is 16.8 Å². The summed E-state index contributed by atoms with van der Waals surface area (Å²) in [6, 6.07) is 0. The number of hydrogen-bond donors (Lipinski definition) is 2. The van der Waals surface area contributed by atoms with Gasteiger partial charge in [0, 0.05) is 6.54 Å². The predicted octanol–water partition coefficient (Wildman–Crippen LogP) is 1.57. The smallest absolute Gasteiger partial charge is 0.211 e. The highest BCUT2D eigenvalue weighted by Crippen LogP contribution is 2.14. The number of thiocarbonyl (C=S) groups is 1. The number of aryl methyl sites for hydroxylation is 1. The molecule has 76 valence electrons. The zero-order valence-electron chi connectivity index (χ0n) is 7.91. The van der Waals surface area contributed by atoms with Crippen LogP contribution in [0.4, 0.5) is 5.13 Å². The van der Waals surface area contributed by atoms with Crippen molar-refractivity contribution in [1.82, 2.24) is 15.5 Å². The lowest BCUT2D eigenvalue weighted by atomic mass is 10.5. The Hall–Kier alpha value is -1.01. The molecule has 14 heavy (non-hydrogen) atoms. The van der Waals surface area contributed by atoms with Crippen LogP contribution < -0.4 is 10.6 Å². The predicted molar refractivity (Wildman–Crippen MR) is 63.7 cm³/mol. The summed E-state index contributed by atoms with van der Waals surface area (Å²) in [5.41, 5.74) is 0. The summed E-state index contributed by atoms with van der Waals surface area (Å²) in [6.45, 7) is 6.27. The van der Waals surface area contributed by atoms with E-state index in [1.54, 1.807) is 6.08 Å². The highest BCUT2D eigenvalue weighted by molar-refractivity contribution is 7.80. The van der Waals surface area contributed by atoms with Crippen molar-refractivity contribution < 1.29 is 0 Å². The molecule has 0 atom stereocenters. The third kappa shape index (κ3) is 3.39. The minimum absolute atomic E-state index is 0.545. The van der Waals surface area contributed by atoms with E-state index >= 15 is 0 Å². The number of nitrogens with zero attached hydrogens (tertiary/aromatic N) is 2. The lowest BCUT2D eigenvalue weighted by Crippen LogP contribution is -2.28. The minimum atomic E-state index is 0.545. The van der Waals surface area contributed by atoms with Gasteiger partial charge in [0.05, 0.1) is 0 Å². The molecule has 1 aromatic heterocycles. The fourth-order valence-corrected chi connectivity index (χ4v) is 1.68. The molecular weight excluding hydrogens is 216 g/mol. The topological polar surface area (TPSA) is 49.8 Å². The molecule has 0 aliphatic carbocycles. The van der Waals surface area contributed by atoms with Gasteiger partial charge in [0.2, 0.25) is 5.13 Å². The Bertz CT molecular complexity index is 321. The van der Waals surface area contributed by atoms with E-state index in [9.17, 15) is 0 Å². The van der Waals surface area contributed by atoms with Crippen molar-refractivity contribution in [3.63, 3.8) is 0 Å². The Balaban J connectivity index is 2.43. The summed E-state index contributed by atoms with van der Waals surface area (Å²) in [4.78, 5) is 0. The van der Waals surface area contributed by atoms with E-state index in [4.69, 9.17) is 12.2 Å². The molecule has 1 rings (SSSR count). The van der Waals surface area contributed by atoms with Crippen LogP contribution in [0.5, 0.6) is 0 Å². The van der Waals surface area contributed by atoms with Crippen LogP contribution in [0.15, 0.2) is 12.7 Å². The number of hydrogen-bond acceptors (Lipinski definition) is 4. The Morgan fingerprint density at radius 3 is 3.00 bits per heavy atom. The van der Waals surface area contributed by atoms with Crippen LogP contribution in [0.3, 0.4) is 0 Å². The fraction of sp³-hybridized carbons (Fsp3) is 0.375. The molecule has 0 bridgehead atoms. The van der Waals surface area contributed by atoms with Crippen LogP contribution in [-0.2, 0) is 6.42 Å². The Kier molecular flexibility index (Phi) is 4.48. The maximum Gasteiger partial charge on any atom is 0.211 e. The van der Waals surface area contributed by atoms with E-state index in [0.717, 1.165) is 16.6 Å². The third-order valence-electron chi connectivity index (χ3n) is 1.40. The molecule has 1 aromatic rings. The molecule has 0 spiro atoms. The van der Waals surface area contributed by atoms with Crippen molar-refractivity contribution in [1.29, 1.82) is 0 Å². The minimum Gasteiger partial charge on any atom is -0.359 e. The van der Waals surface area contributed by atoms with Crippen LogP contribution in [0.2, 0.25) is 0 Å². The zero-order chi connectivity index (χ0) is 10.4.